The highest BCUT2D eigenvalue weighted by Gasteiger charge is 2.33. The average Bonchev–Trinajstić information content (AvgIpc) is 2.37. The SMILES string of the molecule is COc1cccc(N2CC(CCl)OC(C)(C)C2)n1. The number of halogens is 1. The summed E-state index contributed by atoms with van der Waals surface area (Å²) in [5.41, 5.74) is -0.220. The van der Waals surface area contributed by atoms with E-state index in [1.165, 1.54) is 0 Å². The number of morpholine rings is 1. The molecule has 1 aliphatic heterocycles. The van der Waals surface area contributed by atoms with Gasteiger partial charge in [-0.3, -0.25) is 0 Å². The fourth-order valence-electron chi connectivity index (χ4n) is 2.24. The molecule has 0 aliphatic carbocycles. The predicted molar refractivity (Wildman–Crippen MR) is 72.7 cm³/mol. The van der Waals surface area contributed by atoms with Crippen molar-refractivity contribution in [1.29, 1.82) is 0 Å². The highest BCUT2D eigenvalue weighted by Crippen LogP contribution is 2.26. The molecule has 1 aromatic rings. The van der Waals surface area contributed by atoms with E-state index in [1.54, 1.807) is 7.11 Å². The maximum Gasteiger partial charge on any atom is 0.214 e. The molecule has 5 heteroatoms. The third-order valence-electron chi connectivity index (χ3n) is 2.90. The molecule has 1 unspecified atom stereocenters. The Kier molecular flexibility index (Phi) is 3.97. The first kappa shape index (κ1) is 13.4. The summed E-state index contributed by atoms with van der Waals surface area (Å²) < 4.78 is 11.1. The molecule has 18 heavy (non-hydrogen) atoms. The number of nitrogens with zero attached hydrogens (tertiary/aromatic N) is 2. The third kappa shape index (κ3) is 3.06. The van der Waals surface area contributed by atoms with Crippen LogP contribution in [0.25, 0.3) is 0 Å². The highest BCUT2D eigenvalue weighted by molar-refractivity contribution is 6.18. The van der Waals surface area contributed by atoms with E-state index < -0.39 is 0 Å². The lowest BCUT2D eigenvalue weighted by Crippen LogP contribution is -2.53. The Bertz CT molecular complexity index is 412. The van der Waals surface area contributed by atoms with E-state index in [4.69, 9.17) is 21.1 Å². The predicted octanol–water partition coefficient (Wildman–Crippen LogP) is 2.31. The van der Waals surface area contributed by atoms with Crippen molar-refractivity contribution in [1.82, 2.24) is 4.98 Å². The molecule has 2 heterocycles. The van der Waals surface area contributed by atoms with Crippen LogP contribution in [-0.2, 0) is 4.74 Å². The molecular formula is C13H19ClN2O2. The lowest BCUT2D eigenvalue weighted by molar-refractivity contribution is -0.0736. The van der Waals surface area contributed by atoms with Crippen molar-refractivity contribution in [3.63, 3.8) is 0 Å². The topological polar surface area (TPSA) is 34.6 Å². The van der Waals surface area contributed by atoms with Gasteiger partial charge in [0.1, 0.15) is 5.82 Å². The number of alkyl halides is 1. The number of hydrogen-bond acceptors (Lipinski definition) is 4. The second-order valence-electron chi connectivity index (χ2n) is 5.07. The molecule has 1 aliphatic rings. The maximum absolute atomic E-state index is 5.92. The minimum Gasteiger partial charge on any atom is -0.481 e. The largest absolute Gasteiger partial charge is 0.481 e. The van der Waals surface area contributed by atoms with E-state index in [2.05, 4.69) is 23.7 Å². The molecule has 0 bridgehead atoms. The van der Waals surface area contributed by atoms with Gasteiger partial charge in [0, 0.05) is 19.2 Å². The van der Waals surface area contributed by atoms with Gasteiger partial charge >= 0.3 is 0 Å². The van der Waals surface area contributed by atoms with Gasteiger partial charge in [0.05, 0.1) is 24.7 Å². The summed E-state index contributed by atoms with van der Waals surface area (Å²) in [5.74, 6) is 2.02. The fourth-order valence-corrected chi connectivity index (χ4v) is 2.40. The normalized spacial score (nSPS) is 22.9. The van der Waals surface area contributed by atoms with Crippen LogP contribution in [0.3, 0.4) is 0 Å². The quantitative estimate of drug-likeness (QED) is 0.790. The first-order valence-corrected chi connectivity index (χ1v) is 6.57. The van der Waals surface area contributed by atoms with Crippen molar-refractivity contribution in [2.24, 2.45) is 0 Å². The van der Waals surface area contributed by atoms with Gasteiger partial charge in [-0.15, -0.1) is 11.6 Å². The van der Waals surface area contributed by atoms with E-state index >= 15 is 0 Å². The monoisotopic (exact) mass is 270 g/mol. The van der Waals surface area contributed by atoms with Crippen LogP contribution in [0.5, 0.6) is 5.88 Å². The summed E-state index contributed by atoms with van der Waals surface area (Å²) >= 11 is 5.92. The summed E-state index contributed by atoms with van der Waals surface area (Å²) in [6, 6.07) is 5.77. The fraction of sp³-hybridized carbons (Fsp3) is 0.615. The summed E-state index contributed by atoms with van der Waals surface area (Å²) in [6.07, 6.45) is 0.0309. The molecule has 0 aromatic carbocycles. The van der Waals surface area contributed by atoms with Crippen LogP contribution in [0.1, 0.15) is 13.8 Å². The summed E-state index contributed by atoms with van der Waals surface area (Å²) in [6.45, 7) is 5.69. The lowest BCUT2D eigenvalue weighted by Gasteiger charge is -2.42. The molecular weight excluding hydrogens is 252 g/mol. The standard InChI is InChI=1S/C13H19ClN2O2/c1-13(2)9-16(8-10(7-14)18-13)11-5-4-6-12(15-11)17-3/h4-6,10H,7-9H2,1-3H3. The van der Waals surface area contributed by atoms with E-state index in [-0.39, 0.29) is 11.7 Å². The molecule has 0 saturated carbocycles. The molecule has 1 fully saturated rings. The number of rotatable bonds is 3. The number of aromatic nitrogens is 1. The number of pyridine rings is 1. The van der Waals surface area contributed by atoms with Crippen molar-refractivity contribution < 1.29 is 9.47 Å². The third-order valence-corrected chi connectivity index (χ3v) is 3.24. The summed E-state index contributed by atoms with van der Waals surface area (Å²) in [5, 5.41) is 0. The van der Waals surface area contributed by atoms with Gasteiger partial charge in [-0.25, -0.2) is 0 Å². The Balaban J connectivity index is 2.20. The molecule has 100 valence electrons. The van der Waals surface area contributed by atoms with Crippen molar-refractivity contribution in [3.05, 3.63) is 18.2 Å². The van der Waals surface area contributed by atoms with Crippen LogP contribution >= 0.6 is 11.6 Å². The van der Waals surface area contributed by atoms with Crippen LogP contribution in [-0.4, -0.2) is 42.8 Å². The van der Waals surface area contributed by atoms with Gasteiger partial charge < -0.3 is 14.4 Å². The van der Waals surface area contributed by atoms with Crippen molar-refractivity contribution in [2.75, 3.05) is 31.0 Å². The van der Waals surface area contributed by atoms with E-state index in [0.29, 0.717) is 11.8 Å². The second kappa shape index (κ2) is 5.33. The number of methoxy groups -OCH3 is 1. The van der Waals surface area contributed by atoms with Crippen LogP contribution < -0.4 is 9.64 Å². The van der Waals surface area contributed by atoms with Gasteiger partial charge in [-0.05, 0) is 19.9 Å². The smallest absolute Gasteiger partial charge is 0.214 e. The van der Waals surface area contributed by atoms with E-state index in [0.717, 1.165) is 18.9 Å². The second-order valence-corrected chi connectivity index (χ2v) is 5.38. The molecule has 1 aromatic heterocycles. The van der Waals surface area contributed by atoms with E-state index in [9.17, 15) is 0 Å². The first-order chi connectivity index (χ1) is 8.54. The molecule has 1 atom stereocenters. The number of ether oxygens (including phenoxy) is 2. The maximum atomic E-state index is 5.92. The molecule has 4 nitrogen and oxygen atoms in total. The van der Waals surface area contributed by atoms with Gasteiger partial charge in [0.2, 0.25) is 5.88 Å². The summed E-state index contributed by atoms with van der Waals surface area (Å²) in [7, 11) is 1.62. The Morgan fingerprint density at radius 3 is 3.00 bits per heavy atom. The molecule has 0 N–H and O–H groups in total. The Morgan fingerprint density at radius 2 is 2.33 bits per heavy atom. The van der Waals surface area contributed by atoms with Gasteiger partial charge in [0.25, 0.3) is 0 Å². The van der Waals surface area contributed by atoms with E-state index in [1.807, 2.05) is 18.2 Å². The Hall–Kier alpha value is -1.00. The minimum absolute atomic E-state index is 0.0309. The molecule has 2 rings (SSSR count). The van der Waals surface area contributed by atoms with Crippen molar-refractivity contribution >= 4 is 17.4 Å². The minimum atomic E-state index is -0.220. The molecule has 0 radical (unpaired) electrons. The van der Waals surface area contributed by atoms with Gasteiger partial charge in [0.15, 0.2) is 0 Å². The zero-order valence-corrected chi connectivity index (χ0v) is 11.8. The highest BCUT2D eigenvalue weighted by atomic mass is 35.5. The molecule has 0 amide bonds. The zero-order valence-electron chi connectivity index (χ0n) is 11.0. The number of hydrogen-bond donors (Lipinski definition) is 0. The Morgan fingerprint density at radius 1 is 1.56 bits per heavy atom. The average molecular weight is 271 g/mol. The first-order valence-electron chi connectivity index (χ1n) is 6.04. The van der Waals surface area contributed by atoms with Crippen LogP contribution in [0, 0.1) is 0 Å². The van der Waals surface area contributed by atoms with Crippen LogP contribution in [0.15, 0.2) is 18.2 Å². The summed E-state index contributed by atoms with van der Waals surface area (Å²) in [4.78, 5) is 6.65. The lowest BCUT2D eigenvalue weighted by atomic mass is 10.1. The Labute approximate surface area is 113 Å². The molecule has 1 saturated heterocycles. The van der Waals surface area contributed by atoms with Crippen molar-refractivity contribution in [2.45, 2.75) is 25.6 Å². The zero-order chi connectivity index (χ0) is 13.2. The number of anilines is 1. The van der Waals surface area contributed by atoms with Crippen LogP contribution in [0.2, 0.25) is 0 Å². The van der Waals surface area contributed by atoms with Gasteiger partial charge in [-0.2, -0.15) is 4.98 Å². The van der Waals surface area contributed by atoms with Crippen LogP contribution in [0.4, 0.5) is 5.82 Å². The van der Waals surface area contributed by atoms with Crippen molar-refractivity contribution in [3.8, 4) is 5.88 Å². The van der Waals surface area contributed by atoms with Gasteiger partial charge in [-0.1, -0.05) is 6.07 Å². The molecule has 0 spiro atoms.